The van der Waals surface area contributed by atoms with E-state index in [4.69, 9.17) is 14.0 Å². The molecule has 110 valence electrons. The largest absolute Gasteiger partial charge is 0.500 e. The van der Waals surface area contributed by atoms with Crippen molar-refractivity contribution >= 4 is 28.5 Å². The van der Waals surface area contributed by atoms with Crippen molar-refractivity contribution in [2.75, 3.05) is 0 Å². The van der Waals surface area contributed by atoms with Crippen LogP contribution in [0.2, 0.25) is 0 Å². The van der Waals surface area contributed by atoms with Gasteiger partial charge in [0.25, 0.3) is 0 Å². The summed E-state index contributed by atoms with van der Waals surface area (Å²) < 4.78 is 18.8. The molecule has 20 heavy (non-hydrogen) atoms. The average Bonchev–Trinajstić information content (AvgIpc) is 2.50. The van der Waals surface area contributed by atoms with E-state index < -0.39 is 7.12 Å². The van der Waals surface area contributed by atoms with Gasteiger partial charge >= 0.3 is 7.12 Å². The van der Waals surface area contributed by atoms with Crippen molar-refractivity contribution in [1.82, 2.24) is 4.98 Å². The second-order valence-electron chi connectivity index (χ2n) is 6.30. The summed E-state index contributed by atoms with van der Waals surface area (Å²) >= 11 is 3.44. The maximum absolute atomic E-state index is 6.06. The molecule has 0 atom stereocenters. The van der Waals surface area contributed by atoms with Crippen molar-refractivity contribution in [1.29, 1.82) is 0 Å². The zero-order chi connectivity index (χ0) is 15.1. The van der Waals surface area contributed by atoms with Crippen molar-refractivity contribution in [3.63, 3.8) is 0 Å². The maximum atomic E-state index is 6.06. The van der Waals surface area contributed by atoms with Crippen molar-refractivity contribution in [3.8, 4) is 5.88 Å². The number of pyridine rings is 1. The van der Waals surface area contributed by atoms with Crippen LogP contribution >= 0.6 is 15.9 Å². The third kappa shape index (κ3) is 3.02. The number of nitrogens with zero attached hydrogens (tertiary/aromatic N) is 1. The highest BCUT2D eigenvalue weighted by molar-refractivity contribution is 9.10. The second-order valence-corrected chi connectivity index (χ2v) is 7.22. The van der Waals surface area contributed by atoms with Crippen molar-refractivity contribution in [3.05, 3.63) is 16.7 Å². The number of rotatable bonds is 3. The highest BCUT2D eigenvalue weighted by Crippen LogP contribution is 2.37. The lowest BCUT2D eigenvalue weighted by atomic mass is 9.80. The minimum absolute atomic E-state index is 0.0462. The van der Waals surface area contributed by atoms with Gasteiger partial charge in [-0.2, -0.15) is 0 Å². The van der Waals surface area contributed by atoms with Crippen molar-refractivity contribution in [2.24, 2.45) is 0 Å². The normalized spacial score (nSPS) is 20.5. The predicted octanol–water partition coefficient (Wildman–Crippen LogP) is 2.93. The van der Waals surface area contributed by atoms with Crippen LogP contribution in [-0.4, -0.2) is 29.4 Å². The van der Waals surface area contributed by atoms with Crippen LogP contribution in [0.25, 0.3) is 0 Å². The first-order valence-corrected chi connectivity index (χ1v) is 7.59. The Labute approximate surface area is 129 Å². The standard InChI is InChI=1S/C14H21BBrNO3/c1-9(2)18-12-11(7-10(16)8-17-12)15-19-13(3,4)14(5,6)20-15/h7-9H,1-6H3. The van der Waals surface area contributed by atoms with E-state index in [1.54, 1.807) is 6.20 Å². The Morgan fingerprint density at radius 1 is 1.20 bits per heavy atom. The molecule has 0 N–H and O–H groups in total. The minimum atomic E-state index is -0.473. The fourth-order valence-corrected chi connectivity index (χ4v) is 2.25. The summed E-state index contributed by atoms with van der Waals surface area (Å²) in [4.78, 5) is 4.33. The SMILES string of the molecule is CC(C)Oc1ncc(Br)cc1B1OC(C)(C)C(C)(C)O1. The van der Waals surface area contributed by atoms with Crippen molar-refractivity contribution < 1.29 is 14.0 Å². The molecule has 0 bridgehead atoms. The van der Waals surface area contributed by atoms with E-state index in [0.717, 1.165) is 9.94 Å². The summed E-state index contributed by atoms with van der Waals surface area (Å²) in [5, 5.41) is 0. The van der Waals surface area contributed by atoms with Crippen LogP contribution in [0.5, 0.6) is 5.88 Å². The number of hydrogen-bond donors (Lipinski definition) is 0. The average molecular weight is 342 g/mol. The summed E-state index contributed by atoms with van der Waals surface area (Å²) in [7, 11) is -0.473. The molecule has 1 aromatic heterocycles. The van der Waals surface area contributed by atoms with E-state index in [0.29, 0.717) is 5.88 Å². The summed E-state index contributed by atoms with van der Waals surface area (Å²) in [6, 6.07) is 1.94. The summed E-state index contributed by atoms with van der Waals surface area (Å²) in [6.45, 7) is 12.1. The minimum Gasteiger partial charge on any atom is -0.475 e. The molecule has 2 rings (SSSR count). The first-order valence-electron chi connectivity index (χ1n) is 6.80. The fourth-order valence-electron chi connectivity index (χ4n) is 1.90. The summed E-state index contributed by atoms with van der Waals surface area (Å²) in [6.07, 6.45) is 1.76. The van der Waals surface area contributed by atoms with Crippen LogP contribution in [0.4, 0.5) is 0 Å². The smallest absolute Gasteiger partial charge is 0.475 e. The molecular weight excluding hydrogens is 321 g/mol. The van der Waals surface area contributed by atoms with E-state index in [1.165, 1.54) is 0 Å². The Hall–Kier alpha value is -0.585. The molecule has 1 aliphatic heterocycles. The predicted molar refractivity (Wildman–Crippen MR) is 83.4 cm³/mol. The van der Waals surface area contributed by atoms with E-state index >= 15 is 0 Å². The first kappa shape index (κ1) is 15.8. The third-order valence-corrected chi connectivity index (χ3v) is 4.13. The molecule has 6 heteroatoms. The van der Waals surface area contributed by atoms with Gasteiger partial charge in [0.15, 0.2) is 0 Å². The Bertz CT molecular complexity index is 489. The van der Waals surface area contributed by atoms with E-state index in [2.05, 4.69) is 20.9 Å². The molecule has 0 radical (unpaired) electrons. The molecule has 0 unspecified atom stereocenters. The molecule has 1 fully saturated rings. The van der Waals surface area contributed by atoms with Crippen LogP contribution in [0.1, 0.15) is 41.5 Å². The Morgan fingerprint density at radius 2 is 1.75 bits per heavy atom. The van der Waals surface area contributed by atoms with Crippen LogP contribution in [0.3, 0.4) is 0 Å². The summed E-state index contributed by atoms with van der Waals surface area (Å²) in [5.41, 5.74) is 0.0520. The fraction of sp³-hybridized carbons (Fsp3) is 0.643. The number of hydrogen-bond acceptors (Lipinski definition) is 4. The van der Waals surface area contributed by atoms with Crippen LogP contribution < -0.4 is 10.2 Å². The Morgan fingerprint density at radius 3 is 2.25 bits per heavy atom. The molecule has 1 aromatic rings. The van der Waals surface area contributed by atoms with Crippen LogP contribution in [0, 0.1) is 0 Å². The van der Waals surface area contributed by atoms with Crippen molar-refractivity contribution in [2.45, 2.75) is 58.8 Å². The van der Waals surface area contributed by atoms with Gasteiger partial charge in [0.05, 0.1) is 17.3 Å². The zero-order valence-corrected chi connectivity index (χ0v) is 14.4. The third-order valence-electron chi connectivity index (χ3n) is 3.70. The van der Waals surface area contributed by atoms with Gasteiger partial charge < -0.3 is 14.0 Å². The molecular formula is C14H21BBrNO3. The summed E-state index contributed by atoms with van der Waals surface area (Å²) in [5.74, 6) is 0.557. The molecule has 0 saturated carbocycles. The lowest BCUT2D eigenvalue weighted by Gasteiger charge is -2.32. The number of ether oxygens (including phenoxy) is 1. The van der Waals surface area contributed by atoms with Gasteiger partial charge in [0, 0.05) is 16.1 Å². The Kier molecular flexibility index (Phi) is 4.20. The molecule has 0 spiro atoms. The molecule has 2 heterocycles. The van der Waals surface area contributed by atoms with Gasteiger partial charge in [0.1, 0.15) is 0 Å². The maximum Gasteiger partial charge on any atom is 0.500 e. The lowest BCUT2D eigenvalue weighted by molar-refractivity contribution is 0.00578. The Balaban J connectivity index is 2.36. The van der Waals surface area contributed by atoms with E-state index in [9.17, 15) is 0 Å². The number of aromatic nitrogens is 1. The monoisotopic (exact) mass is 341 g/mol. The van der Waals surface area contributed by atoms with Gasteiger partial charge in [-0.05, 0) is 63.5 Å². The van der Waals surface area contributed by atoms with E-state index in [1.807, 2.05) is 47.6 Å². The van der Waals surface area contributed by atoms with E-state index in [-0.39, 0.29) is 17.3 Å². The van der Waals surface area contributed by atoms with Gasteiger partial charge in [-0.1, -0.05) is 0 Å². The molecule has 1 saturated heterocycles. The highest BCUT2D eigenvalue weighted by atomic mass is 79.9. The quantitative estimate of drug-likeness (QED) is 0.792. The number of halogens is 1. The van der Waals surface area contributed by atoms with Gasteiger partial charge in [0.2, 0.25) is 5.88 Å². The van der Waals surface area contributed by atoms with Crippen LogP contribution in [-0.2, 0) is 9.31 Å². The molecule has 4 nitrogen and oxygen atoms in total. The molecule has 0 amide bonds. The molecule has 0 aromatic carbocycles. The van der Waals surface area contributed by atoms with Gasteiger partial charge in [-0.15, -0.1) is 0 Å². The van der Waals surface area contributed by atoms with Gasteiger partial charge in [-0.3, -0.25) is 0 Å². The second kappa shape index (κ2) is 5.32. The van der Waals surface area contributed by atoms with Crippen LogP contribution in [0.15, 0.2) is 16.7 Å². The first-order chi connectivity index (χ1) is 9.12. The molecule has 1 aliphatic rings. The topological polar surface area (TPSA) is 40.6 Å². The molecule has 0 aliphatic carbocycles. The lowest BCUT2D eigenvalue weighted by Crippen LogP contribution is -2.41. The zero-order valence-electron chi connectivity index (χ0n) is 12.9. The van der Waals surface area contributed by atoms with Gasteiger partial charge in [-0.25, -0.2) is 4.98 Å². The highest BCUT2D eigenvalue weighted by Gasteiger charge is 2.52.